The number of piperidine rings is 2. The third-order valence-corrected chi connectivity index (χ3v) is 5.78. The van der Waals surface area contributed by atoms with Crippen molar-refractivity contribution >= 4 is 41.7 Å². The van der Waals surface area contributed by atoms with Gasteiger partial charge in [-0.1, -0.05) is 6.07 Å². The number of aliphatic imine (C=N–C) groups is 1. The van der Waals surface area contributed by atoms with Crippen LogP contribution in [0.3, 0.4) is 0 Å². The van der Waals surface area contributed by atoms with E-state index in [4.69, 9.17) is 10.5 Å². The molecule has 2 fully saturated rings. The zero-order valence-corrected chi connectivity index (χ0v) is 20.4. The van der Waals surface area contributed by atoms with Gasteiger partial charge in [0, 0.05) is 58.1 Å². The number of hydrogen-bond acceptors (Lipinski definition) is 5. The van der Waals surface area contributed by atoms with E-state index in [0.717, 1.165) is 69.3 Å². The zero-order chi connectivity index (χ0) is 20.6. The van der Waals surface area contributed by atoms with Crippen LogP contribution >= 0.6 is 24.0 Å². The number of nitrogens with zero attached hydrogens (tertiary/aromatic N) is 4. The molecule has 3 N–H and O–H groups in total. The summed E-state index contributed by atoms with van der Waals surface area (Å²) in [7, 11) is 1.82. The lowest BCUT2D eigenvalue weighted by Gasteiger charge is -2.35. The molecule has 0 spiro atoms. The lowest BCUT2D eigenvalue weighted by atomic mass is 9.97. The van der Waals surface area contributed by atoms with Crippen LogP contribution in [0.5, 0.6) is 0 Å². The molecule has 3 rings (SSSR count). The average molecular weight is 530 g/mol. The highest BCUT2D eigenvalue weighted by Gasteiger charge is 2.26. The first-order valence-corrected chi connectivity index (χ1v) is 10.7. The normalized spacial score (nSPS) is 20.6. The van der Waals surface area contributed by atoms with E-state index in [1.165, 1.54) is 0 Å². The number of pyridine rings is 1. The number of guanidine groups is 1. The monoisotopic (exact) mass is 530 g/mol. The van der Waals surface area contributed by atoms with Gasteiger partial charge in [-0.15, -0.1) is 24.0 Å². The quantitative estimate of drug-likeness (QED) is 0.332. The minimum Gasteiger partial charge on any atom is -0.378 e. The molecule has 30 heavy (non-hydrogen) atoms. The fourth-order valence-electron chi connectivity index (χ4n) is 4.23. The van der Waals surface area contributed by atoms with Crippen molar-refractivity contribution in [3.63, 3.8) is 0 Å². The standard InChI is InChI=1S/C21H34N6O2.HI/c1-3-29-18-8-12-26(13-9-18)21(23-2)25-14-16-6-4-10-24-20(16)27-11-5-7-17(15-27)19(22)28;/h4,6,10,17-18H,3,5,7-9,11-15H2,1-2H3,(H2,22,28)(H,23,25);1H. The number of nitrogens with two attached hydrogens (primary N) is 1. The summed E-state index contributed by atoms with van der Waals surface area (Å²) in [6, 6.07) is 4.03. The number of anilines is 1. The molecule has 3 heterocycles. The van der Waals surface area contributed by atoms with Crippen molar-refractivity contribution in [1.29, 1.82) is 0 Å². The fourth-order valence-corrected chi connectivity index (χ4v) is 4.23. The van der Waals surface area contributed by atoms with E-state index in [1.54, 1.807) is 6.20 Å². The van der Waals surface area contributed by atoms with Gasteiger partial charge in [0.1, 0.15) is 5.82 Å². The Morgan fingerprint density at radius 3 is 2.77 bits per heavy atom. The van der Waals surface area contributed by atoms with Crippen molar-refractivity contribution in [2.75, 3.05) is 44.7 Å². The topological polar surface area (TPSA) is 96.1 Å². The second kappa shape index (κ2) is 12.3. The predicted molar refractivity (Wildman–Crippen MR) is 130 cm³/mol. The number of likely N-dealkylation sites (tertiary alicyclic amines) is 1. The van der Waals surface area contributed by atoms with Crippen molar-refractivity contribution < 1.29 is 9.53 Å². The molecule has 9 heteroatoms. The van der Waals surface area contributed by atoms with Crippen LogP contribution in [0.4, 0.5) is 5.82 Å². The van der Waals surface area contributed by atoms with E-state index in [0.29, 0.717) is 19.2 Å². The van der Waals surface area contributed by atoms with Gasteiger partial charge >= 0.3 is 0 Å². The van der Waals surface area contributed by atoms with Crippen molar-refractivity contribution in [3.05, 3.63) is 23.9 Å². The van der Waals surface area contributed by atoms with Gasteiger partial charge < -0.3 is 25.6 Å². The van der Waals surface area contributed by atoms with Gasteiger partial charge in [-0.25, -0.2) is 4.98 Å². The Labute approximate surface area is 196 Å². The number of carbonyl (C=O) groups is 1. The molecule has 2 aliphatic rings. The molecule has 1 unspecified atom stereocenters. The lowest BCUT2D eigenvalue weighted by molar-refractivity contribution is -0.122. The summed E-state index contributed by atoms with van der Waals surface area (Å²) in [4.78, 5) is 25.2. The summed E-state index contributed by atoms with van der Waals surface area (Å²) in [5.74, 6) is 1.51. The lowest BCUT2D eigenvalue weighted by Crippen LogP contribution is -2.47. The van der Waals surface area contributed by atoms with Crippen LogP contribution in [0.25, 0.3) is 0 Å². The molecule has 2 saturated heterocycles. The molecule has 1 atom stereocenters. The van der Waals surface area contributed by atoms with Gasteiger partial charge in [0.25, 0.3) is 0 Å². The minimum atomic E-state index is -0.221. The molecule has 2 aliphatic heterocycles. The molecule has 0 saturated carbocycles. The van der Waals surface area contributed by atoms with Crippen LogP contribution in [-0.4, -0.2) is 67.7 Å². The van der Waals surface area contributed by atoms with E-state index in [1.807, 2.05) is 20.0 Å². The third-order valence-electron chi connectivity index (χ3n) is 5.78. The van der Waals surface area contributed by atoms with Crippen LogP contribution in [0.2, 0.25) is 0 Å². The number of ether oxygens (including phenoxy) is 1. The SMILES string of the molecule is CCOC1CCN(C(=NC)NCc2cccnc2N2CCCC(C(N)=O)C2)CC1.I. The van der Waals surface area contributed by atoms with Crippen molar-refractivity contribution in [1.82, 2.24) is 15.2 Å². The number of amides is 1. The number of nitrogens with one attached hydrogen (secondary N) is 1. The smallest absolute Gasteiger partial charge is 0.222 e. The van der Waals surface area contributed by atoms with Gasteiger partial charge in [0.15, 0.2) is 5.96 Å². The van der Waals surface area contributed by atoms with E-state index in [9.17, 15) is 4.79 Å². The summed E-state index contributed by atoms with van der Waals surface area (Å²) in [6.45, 7) is 6.87. The fraction of sp³-hybridized carbons (Fsp3) is 0.667. The summed E-state index contributed by atoms with van der Waals surface area (Å²) >= 11 is 0. The second-order valence-electron chi connectivity index (χ2n) is 7.72. The molecular weight excluding hydrogens is 495 g/mol. The molecule has 1 aromatic rings. The van der Waals surface area contributed by atoms with Crippen LogP contribution in [-0.2, 0) is 16.1 Å². The van der Waals surface area contributed by atoms with Crippen LogP contribution in [0.1, 0.15) is 38.2 Å². The van der Waals surface area contributed by atoms with Crippen molar-refractivity contribution in [3.8, 4) is 0 Å². The number of rotatable bonds is 6. The maximum Gasteiger partial charge on any atom is 0.222 e. The summed E-state index contributed by atoms with van der Waals surface area (Å²) in [5.41, 5.74) is 6.64. The molecule has 1 amide bonds. The average Bonchev–Trinajstić information content (AvgIpc) is 2.76. The van der Waals surface area contributed by atoms with E-state index < -0.39 is 0 Å². The number of carbonyl (C=O) groups excluding carboxylic acids is 1. The van der Waals surface area contributed by atoms with E-state index >= 15 is 0 Å². The molecule has 1 aromatic heterocycles. The maximum absolute atomic E-state index is 11.6. The van der Waals surface area contributed by atoms with Crippen LogP contribution in [0.15, 0.2) is 23.3 Å². The summed E-state index contributed by atoms with van der Waals surface area (Å²) in [6.07, 6.45) is 6.02. The third kappa shape index (κ3) is 6.44. The number of aromatic nitrogens is 1. The van der Waals surface area contributed by atoms with Gasteiger partial charge in [-0.05, 0) is 38.7 Å². The van der Waals surface area contributed by atoms with Gasteiger partial charge in [0.2, 0.25) is 5.91 Å². The molecule has 0 aliphatic carbocycles. The Morgan fingerprint density at radius 2 is 2.10 bits per heavy atom. The van der Waals surface area contributed by atoms with Crippen molar-refractivity contribution in [2.45, 2.75) is 45.3 Å². The molecule has 168 valence electrons. The molecular formula is C21H35IN6O2. The first-order valence-electron chi connectivity index (χ1n) is 10.7. The predicted octanol–water partition coefficient (Wildman–Crippen LogP) is 1.98. The number of primary amides is 1. The number of halogens is 1. The van der Waals surface area contributed by atoms with Gasteiger partial charge in [0.05, 0.1) is 12.0 Å². The summed E-state index contributed by atoms with van der Waals surface area (Å²) < 4.78 is 5.75. The van der Waals surface area contributed by atoms with E-state index in [2.05, 4.69) is 31.2 Å². The highest BCUT2D eigenvalue weighted by atomic mass is 127. The Morgan fingerprint density at radius 1 is 1.33 bits per heavy atom. The maximum atomic E-state index is 11.6. The minimum absolute atomic E-state index is 0. The molecule has 0 aromatic carbocycles. The summed E-state index contributed by atoms with van der Waals surface area (Å²) in [5, 5.41) is 3.49. The first-order chi connectivity index (χ1) is 14.1. The second-order valence-corrected chi connectivity index (χ2v) is 7.72. The molecule has 8 nitrogen and oxygen atoms in total. The Bertz CT molecular complexity index is 708. The van der Waals surface area contributed by atoms with Gasteiger partial charge in [-0.3, -0.25) is 9.79 Å². The van der Waals surface area contributed by atoms with Crippen LogP contribution in [0, 0.1) is 5.92 Å². The highest BCUT2D eigenvalue weighted by Crippen LogP contribution is 2.24. The van der Waals surface area contributed by atoms with Gasteiger partial charge in [-0.2, -0.15) is 0 Å². The molecule has 0 bridgehead atoms. The first kappa shape index (κ1) is 24.6. The van der Waals surface area contributed by atoms with E-state index in [-0.39, 0.29) is 35.8 Å². The molecule has 0 radical (unpaired) electrons. The highest BCUT2D eigenvalue weighted by molar-refractivity contribution is 14.0. The van der Waals surface area contributed by atoms with Crippen LogP contribution < -0.4 is 16.0 Å². The number of hydrogen-bond donors (Lipinski definition) is 2. The Hall–Kier alpha value is -1.62. The Kier molecular flexibility index (Phi) is 10.1. The largest absolute Gasteiger partial charge is 0.378 e. The Balaban J connectivity index is 0.00000320. The zero-order valence-electron chi connectivity index (χ0n) is 18.0. The van der Waals surface area contributed by atoms with Crippen molar-refractivity contribution in [2.24, 2.45) is 16.6 Å².